The first-order chi connectivity index (χ1) is 6.76. The molecule has 3 heteroatoms. The topological polar surface area (TPSA) is 43.4 Å². The van der Waals surface area contributed by atoms with E-state index < -0.39 is 0 Å². The molecule has 6 rings (SSSR count). The van der Waals surface area contributed by atoms with Crippen LogP contribution in [0.3, 0.4) is 0 Å². The number of ketones is 1. The first-order valence-corrected chi connectivity index (χ1v) is 5.38. The summed E-state index contributed by atoms with van der Waals surface area (Å²) in [5, 5.41) is 0. The molecule has 0 aromatic heterocycles. The molecule has 6 aliphatic rings. The Kier molecular flexibility index (Phi) is 0.646. The molecule has 0 N–H and O–H groups in total. The van der Waals surface area contributed by atoms with Gasteiger partial charge in [-0.25, -0.2) is 0 Å². The van der Waals surface area contributed by atoms with Crippen molar-refractivity contribution >= 4 is 11.8 Å². The van der Waals surface area contributed by atoms with E-state index in [9.17, 15) is 9.59 Å². The molecule has 0 amide bonds. The van der Waals surface area contributed by atoms with Gasteiger partial charge in [0.2, 0.25) is 0 Å². The number of Topliss-reactive ketones (excluding diaryl/α,β-unsaturated/α-hetero) is 1. The standard InChI is InChI=1S/C11H10O3/c1-14-10(13)11-6-3-2-4(6)8(11)5(7(3)11)9(2)12/h2-8H,1H3/t2?,3-,4+,5?,6?,7+,8-,11?. The van der Waals surface area contributed by atoms with Crippen molar-refractivity contribution in [2.45, 2.75) is 0 Å². The Morgan fingerprint density at radius 2 is 1.86 bits per heavy atom. The van der Waals surface area contributed by atoms with E-state index in [1.807, 2.05) is 0 Å². The summed E-state index contributed by atoms with van der Waals surface area (Å²) in [6.07, 6.45) is 0. The van der Waals surface area contributed by atoms with E-state index in [0.29, 0.717) is 41.3 Å². The van der Waals surface area contributed by atoms with Crippen molar-refractivity contribution in [3.63, 3.8) is 0 Å². The first-order valence-electron chi connectivity index (χ1n) is 5.38. The summed E-state index contributed by atoms with van der Waals surface area (Å²) < 4.78 is 4.90. The molecule has 0 heterocycles. The number of methoxy groups -OCH3 is 1. The highest BCUT2D eigenvalue weighted by Crippen LogP contribution is 2.98. The predicted molar refractivity (Wildman–Crippen MR) is 43.9 cm³/mol. The Hall–Kier alpha value is -0.860. The molecule has 0 spiro atoms. The lowest BCUT2D eigenvalue weighted by Crippen LogP contribution is -2.90. The second kappa shape index (κ2) is 1.37. The van der Waals surface area contributed by atoms with E-state index in [0.717, 1.165) is 0 Å². The Labute approximate surface area is 80.8 Å². The fourth-order valence-electron chi connectivity index (χ4n) is 6.13. The number of esters is 1. The number of hydrogen-bond acceptors (Lipinski definition) is 3. The number of hydrogen-bond donors (Lipinski definition) is 0. The molecule has 0 aromatic rings. The summed E-state index contributed by atoms with van der Waals surface area (Å²) in [6.45, 7) is 0. The van der Waals surface area contributed by atoms with Crippen molar-refractivity contribution in [1.82, 2.24) is 0 Å². The van der Waals surface area contributed by atoms with Gasteiger partial charge in [-0.1, -0.05) is 0 Å². The maximum absolute atomic E-state index is 11.8. The van der Waals surface area contributed by atoms with Crippen LogP contribution in [0.1, 0.15) is 0 Å². The van der Waals surface area contributed by atoms with Gasteiger partial charge in [0, 0.05) is 11.8 Å². The van der Waals surface area contributed by atoms with E-state index >= 15 is 0 Å². The number of carbonyl (C=O) groups is 2. The van der Waals surface area contributed by atoms with Crippen molar-refractivity contribution < 1.29 is 14.3 Å². The fraction of sp³-hybridized carbons (Fsp3) is 0.818. The quantitative estimate of drug-likeness (QED) is 0.551. The average Bonchev–Trinajstić information content (AvgIpc) is 2.41. The molecule has 6 fully saturated rings. The molecule has 0 aromatic carbocycles. The molecule has 0 radical (unpaired) electrons. The van der Waals surface area contributed by atoms with E-state index in [4.69, 9.17) is 4.74 Å². The van der Waals surface area contributed by atoms with Crippen molar-refractivity contribution in [1.29, 1.82) is 0 Å². The third-order valence-electron chi connectivity index (χ3n) is 6.11. The predicted octanol–water partition coefficient (Wildman–Crippen LogP) is 0.0963. The molecule has 72 valence electrons. The van der Waals surface area contributed by atoms with Gasteiger partial charge in [-0.05, 0) is 29.6 Å². The highest BCUT2D eigenvalue weighted by molar-refractivity contribution is 6.02. The summed E-state index contributed by atoms with van der Waals surface area (Å²) in [6, 6.07) is 0. The molecular weight excluding hydrogens is 180 g/mol. The van der Waals surface area contributed by atoms with Gasteiger partial charge in [0.05, 0.1) is 12.5 Å². The van der Waals surface area contributed by atoms with E-state index in [1.54, 1.807) is 0 Å². The lowest BCUT2D eigenvalue weighted by molar-refractivity contribution is -0.430. The lowest BCUT2D eigenvalue weighted by Gasteiger charge is -2.88. The minimum Gasteiger partial charge on any atom is -0.469 e. The van der Waals surface area contributed by atoms with Crippen LogP contribution < -0.4 is 0 Å². The molecule has 14 heavy (non-hydrogen) atoms. The molecule has 6 saturated carbocycles. The summed E-state index contributed by atoms with van der Waals surface area (Å²) in [7, 11) is 1.47. The second-order valence-electron chi connectivity index (χ2n) is 5.61. The van der Waals surface area contributed by atoms with Crippen molar-refractivity contribution in [2.75, 3.05) is 7.11 Å². The summed E-state index contributed by atoms with van der Waals surface area (Å²) in [5.41, 5.74) is -0.141. The third kappa shape index (κ3) is 0.270. The van der Waals surface area contributed by atoms with Crippen LogP contribution >= 0.6 is 0 Å². The maximum atomic E-state index is 11.8. The second-order valence-corrected chi connectivity index (χ2v) is 5.61. The van der Waals surface area contributed by atoms with E-state index in [-0.39, 0.29) is 17.3 Å². The zero-order chi connectivity index (χ0) is 9.40. The highest BCUT2D eigenvalue weighted by Gasteiger charge is 3.02. The van der Waals surface area contributed by atoms with Crippen molar-refractivity contribution in [3.8, 4) is 0 Å². The average molecular weight is 190 g/mol. The summed E-state index contributed by atoms with van der Waals surface area (Å²) >= 11 is 0. The van der Waals surface area contributed by atoms with Gasteiger partial charge < -0.3 is 4.74 Å². The first kappa shape index (κ1) is 6.59. The lowest BCUT2D eigenvalue weighted by atomic mass is 9.13. The molecule has 0 saturated heterocycles. The number of ether oxygens (including phenoxy) is 1. The molecule has 8 atom stereocenters. The largest absolute Gasteiger partial charge is 0.469 e. The molecule has 4 unspecified atom stereocenters. The minimum atomic E-state index is -0.141. The normalized spacial score (nSPS) is 72.6. The van der Waals surface area contributed by atoms with E-state index in [2.05, 4.69) is 0 Å². The van der Waals surface area contributed by atoms with Gasteiger partial charge >= 0.3 is 5.97 Å². The number of rotatable bonds is 1. The van der Waals surface area contributed by atoms with Crippen LogP contribution in [0.25, 0.3) is 0 Å². The van der Waals surface area contributed by atoms with Gasteiger partial charge in [0.15, 0.2) is 0 Å². The Morgan fingerprint density at radius 1 is 1.21 bits per heavy atom. The molecule has 0 aliphatic heterocycles. The third-order valence-corrected chi connectivity index (χ3v) is 6.11. The van der Waals surface area contributed by atoms with Crippen LogP contribution in [0, 0.1) is 46.8 Å². The monoisotopic (exact) mass is 190 g/mol. The SMILES string of the molecule is COC(=O)C12C3[C@H]4C5C(=O)C([C@H]41)[C@H]2[C@@H]53. The van der Waals surface area contributed by atoms with Gasteiger partial charge in [0.25, 0.3) is 0 Å². The summed E-state index contributed by atoms with van der Waals surface area (Å²) in [4.78, 5) is 23.5. The highest BCUT2D eigenvalue weighted by atomic mass is 16.5. The zero-order valence-corrected chi connectivity index (χ0v) is 7.77. The molecule has 3 nitrogen and oxygen atoms in total. The van der Waals surface area contributed by atoms with Crippen LogP contribution in [-0.2, 0) is 14.3 Å². The van der Waals surface area contributed by atoms with Crippen LogP contribution in [-0.4, -0.2) is 18.9 Å². The Bertz CT molecular complexity index is 406. The van der Waals surface area contributed by atoms with Crippen molar-refractivity contribution in [3.05, 3.63) is 0 Å². The van der Waals surface area contributed by atoms with E-state index in [1.165, 1.54) is 7.11 Å². The van der Waals surface area contributed by atoms with Crippen molar-refractivity contribution in [2.24, 2.45) is 46.8 Å². The molecule has 6 aliphatic carbocycles. The fourth-order valence-corrected chi connectivity index (χ4v) is 6.13. The van der Waals surface area contributed by atoms with Crippen LogP contribution in [0.2, 0.25) is 0 Å². The van der Waals surface area contributed by atoms with Gasteiger partial charge in [0.1, 0.15) is 5.78 Å². The van der Waals surface area contributed by atoms with Crippen LogP contribution in [0.15, 0.2) is 0 Å². The molecule has 2 bridgehead atoms. The summed E-state index contributed by atoms with van der Waals surface area (Å²) in [5.74, 6) is 3.70. The number of carbonyl (C=O) groups excluding carboxylic acids is 2. The van der Waals surface area contributed by atoms with Crippen LogP contribution in [0.4, 0.5) is 0 Å². The molecular formula is C11H10O3. The van der Waals surface area contributed by atoms with Crippen LogP contribution in [0.5, 0.6) is 0 Å². The Balaban J connectivity index is 1.69. The van der Waals surface area contributed by atoms with Gasteiger partial charge in [-0.3, -0.25) is 9.59 Å². The zero-order valence-electron chi connectivity index (χ0n) is 7.77. The minimum absolute atomic E-state index is 0.0191. The van der Waals surface area contributed by atoms with Gasteiger partial charge in [-0.15, -0.1) is 0 Å². The Morgan fingerprint density at radius 3 is 2.36 bits per heavy atom. The van der Waals surface area contributed by atoms with Gasteiger partial charge in [-0.2, -0.15) is 0 Å². The maximum Gasteiger partial charge on any atom is 0.312 e. The smallest absolute Gasteiger partial charge is 0.312 e.